The molecule has 110 valence electrons. The smallest absolute Gasteiger partial charge is 0.120 e. The molecule has 2 unspecified atom stereocenters. The molecule has 1 N–H and O–H groups in total. The zero-order valence-corrected chi connectivity index (χ0v) is 12.7. The first-order chi connectivity index (χ1) is 9.85. The van der Waals surface area contributed by atoms with Crippen LogP contribution in [0, 0.1) is 0 Å². The number of hydrogen-bond acceptors (Lipinski definition) is 2. The molecule has 0 amide bonds. The van der Waals surface area contributed by atoms with Crippen LogP contribution in [0.5, 0.6) is 5.75 Å². The van der Waals surface area contributed by atoms with Crippen molar-refractivity contribution in [3.05, 3.63) is 29.3 Å². The number of hydrogen-bond donors (Lipinski definition) is 1. The average molecular weight is 273 g/mol. The third-order valence-electron chi connectivity index (χ3n) is 4.68. The van der Waals surface area contributed by atoms with Gasteiger partial charge in [0.25, 0.3) is 0 Å². The first-order valence-corrected chi connectivity index (χ1v) is 8.37. The van der Waals surface area contributed by atoms with Gasteiger partial charge in [-0.25, -0.2) is 0 Å². The van der Waals surface area contributed by atoms with Gasteiger partial charge in [-0.3, -0.25) is 0 Å². The summed E-state index contributed by atoms with van der Waals surface area (Å²) >= 11 is 0. The lowest BCUT2D eigenvalue weighted by molar-refractivity contribution is 0.135. The van der Waals surface area contributed by atoms with Crippen LogP contribution in [0.15, 0.2) is 18.2 Å². The van der Waals surface area contributed by atoms with Gasteiger partial charge in [-0.1, -0.05) is 13.0 Å². The second-order valence-corrected chi connectivity index (χ2v) is 6.34. The Morgan fingerprint density at radius 2 is 2.05 bits per heavy atom. The fourth-order valence-electron chi connectivity index (χ4n) is 3.60. The monoisotopic (exact) mass is 273 g/mol. The molecule has 2 aliphatic carbocycles. The highest BCUT2D eigenvalue weighted by Crippen LogP contribution is 2.29. The van der Waals surface area contributed by atoms with Crippen LogP contribution in [0.2, 0.25) is 0 Å². The van der Waals surface area contributed by atoms with E-state index in [1.165, 1.54) is 56.1 Å². The number of aryl methyl sites for hydroxylation is 2. The highest BCUT2D eigenvalue weighted by molar-refractivity contribution is 5.38. The SMILES string of the molecule is CCCNC1CCCC(Oc2ccc3c(c2)CCC3)C1. The maximum absolute atomic E-state index is 6.25. The van der Waals surface area contributed by atoms with Gasteiger partial charge in [0.1, 0.15) is 11.9 Å². The van der Waals surface area contributed by atoms with E-state index in [-0.39, 0.29) is 0 Å². The Balaban J connectivity index is 1.57. The Morgan fingerprint density at radius 1 is 1.15 bits per heavy atom. The van der Waals surface area contributed by atoms with Crippen molar-refractivity contribution < 1.29 is 4.74 Å². The number of ether oxygens (including phenoxy) is 1. The van der Waals surface area contributed by atoms with Gasteiger partial charge in [-0.15, -0.1) is 0 Å². The minimum absolute atomic E-state index is 0.401. The average Bonchev–Trinajstić information content (AvgIpc) is 2.93. The molecule has 0 bridgehead atoms. The second kappa shape index (κ2) is 6.62. The van der Waals surface area contributed by atoms with Crippen molar-refractivity contribution >= 4 is 0 Å². The zero-order valence-electron chi connectivity index (χ0n) is 12.7. The molecule has 1 fully saturated rings. The molecule has 2 aliphatic rings. The summed E-state index contributed by atoms with van der Waals surface area (Å²) < 4.78 is 6.25. The maximum Gasteiger partial charge on any atom is 0.120 e. The molecule has 2 nitrogen and oxygen atoms in total. The van der Waals surface area contributed by atoms with E-state index in [1.54, 1.807) is 0 Å². The van der Waals surface area contributed by atoms with Crippen LogP contribution in [0.3, 0.4) is 0 Å². The van der Waals surface area contributed by atoms with E-state index < -0.39 is 0 Å². The topological polar surface area (TPSA) is 21.3 Å². The summed E-state index contributed by atoms with van der Waals surface area (Å²) in [4.78, 5) is 0. The predicted molar refractivity (Wildman–Crippen MR) is 83.4 cm³/mol. The van der Waals surface area contributed by atoms with Gasteiger partial charge in [-0.2, -0.15) is 0 Å². The fraction of sp³-hybridized carbons (Fsp3) is 0.667. The maximum atomic E-state index is 6.25. The van der Waals surface area contributed by atoms with E-state index in [2.05, 4.69) is 30.4 Å². The molecule has 0 saturated heterocycles. The third-order valence-corrected chi connectivity index (χ3v) is 4.68. The lowest BCUT2D eigenvalue weighted by Crippen LogP contribution is -2.38. The van der Waals surface area contributed by atoms with Gasteiger partial charge in [0.05, 0.1) is 0 Å². The number of fused-ring (bicyclic) bond motifs is 1. The summed E-state index contributed by atoms with van der Waals surface area (Å²) in [6.07, 6.45) is 10.4. The summed E-state index contributed by atoms with van der Waals surface area (Å²) in [6, 6.07) is 7.38. The van der Waals surface area contributed by atoms with E-state index in [0.29, 0.717) is 12.1 Å². The Hall–Kier alpha value is -1.02. The highest BCUT2D eigenvalue weighted by Gasteiger charge is 2.23. The first-order valence-electron chi connectivity index (χ1n) is 8.37. The van der Waals surface area contributed by atoms with Gasteiger partial charge in [0.15, 0.2) is 0 Å². The Labute approximate surface area is 122 Å². The van der Waals surface area contributed by atoms with Crippen LogP contribution in [0.25, 0.3) is 0 Å². The number of nitrogens with one attached hydrogen (secondary N) is 1. The van der Waals surface area contributed by atoms with Gasteiger partial charge < -0.3 is 10.1 Å². The van der Waals surface area contributed by atoms with Crippen LogP contribution in [-0.2, 0) is 12.8 Å². The Morgan fingerprint density at radius 3 is 2.95 bits per heavy atom. The number of rotatable bonds is 5. The summed E-state index contributed by atoms with van der Waals surface area (Å²) in [5.41, 5.74) is 3.04. The minimum Gasteiger partial charge on any atom is -0.490 e. The standard InChI is InChI=1S/C18H27NO/c1-2-11-19-16-7-4-8-17(13-16)20-18-10-9-14-5-3-6-15(14)12-18/h9-10,12,16-17,19H,2-8,11,13H2,1H3. The van der Waals surface area contributed by atoms with E-state index in [0.717, 1.165) is 18.7 Å². The van der Waals surface area contributed by atoms with Gasteiger partial charge in [0.2, 0.25) is 0 Å². The summed E-state index contributed by atoms with van der Waals surface area (Å²) in [6.45, 7) is 3.37. The van der Waals surface area contributed by atoms with Crippen molar-refractivity contribution in [1.82, 2.24) is 5.32 Å². The lowest BCUT2D eigenvalue weighted by atomic mass is 9.92. The minimum atomic E-state index is 0.401. The van der Waals surface area contributed by atoms with Crippen molar-refractivity contribution in [3.8, 4) is 5.75 Å². The number of benzene rings is 1. The molecule has 0 heterocycles. The first kappa shape index (κ1) is 13.9. The molecule has 0 spiro atoms. The van der Waals surface area contributed by atoms with Crippen LogP contribution in [0.1, 0.15) is 56.6 Å². The molecule has 1 aromatic rings. The third kappa shape index (κ3) is 3.35. The van der Waals surface area contributed by atoms with Gasteiger partial charge in [-0.05, 0) is 81.2 Å². The predicted octanol–water partition coefficient (Wildman–Crippen LogP) is 3.86. The van der Waals surface area contributed by atoms with Crippen molar-refractivity contribution in [2.45, 2.75) is 70.4 Å². The Bertz CT molecular complexity index is 443. The molecule has 20 heavy (non-hydrogen) atoms. The van der Waals surface area contributed by atoms with E-state index in [4.69, 9.17) is 4.74 Å². The molecular weight excluding hydrogens is 246 g/mol. The summed E-state index contributed by atoms with van der Waals surface area (Å²) in [5, 5.41) is 3.65. The van der Waals surface area contributed by atoms with Crippen LogP contribution < -0.4 is 10.1 Å². The quantitative estimate of drug-likeness (QED) is 0.879. The van der Waals surface area contributed by atoms with Gasteiger partial charge in [0, 0.05) is 6.04 Å². The van der Waals surface area contributed by atoms with Crippen molar-refractivity contribution in [2.75, 3.05) is 6.54 Å². The normalized spacial score (nSPS) is 25.4. The van der Waals surface area contributed by atoms with E-state index in [9.17, 15) is 0 Å². The van der Waals surface area contributed by atoms with Crippen LogP contribution in [-0.4, -0.2) is 18.7 Å². The molecule has 3 rings (SSSR count). The molecule has 0 aromatic heterocycles. The summed E-state index contributed by atoms with van der Waals surface area (Å²) in [5.74, 6) is 1.09. The molecule has 1 saturated carbocycles. The summed E-state index contributed by atoms with van der Waals surface area (Å²) in [7, 11) is 0. The molecule has 2 heteroatoms. The zero-order chi connectivity index (χ0) is 13.8. The molecule has 0 radical (unpaired) electrons. The van der Waals surface area contributed by atoms with Crippen molar-refractivity contribution in [3.63, 3.8) is 0 Å². The fourth-order valence-corrected chi connectivity index (χ4v) is 3.60. The van der Waals surface area contributed by atoms with Crippen molar-refractivity contribution in [2.24, 2.45) is 0 Å². The molecule has 0 aliphatic heterocycles. The highest BCUT2D eigenvalue weighted by atomic mass is 16.5. The Kier molecular flexibility index (Phi) is 4.62. The van der Waals surface area contributed by atoms with E-state index in [1.807, 2.05) is 0 Å². The second-order valence-electron chi connectivity index (χ2n) is 6.34. The van der Waals surface area contributed by atoms with Gasteiger partial charge >= 0.3 is 0 Å². The van der Waals surface area contributed by atoms with Crippen LogP contribution >= 0.6 is 0 Å². The largest absolute Gasteiger partial charge is 0.490 e. The van der Waals surface area contributed by atoms with E-state index >= 15 is 0 Å². The molecule has 2 atom stereocenters. The lowest BCUT2D eigenvalue weighted by Gasteiger charge is -2.30. The van der Waals surface area contributed by atoms with Crippen LogP contribution in [0.4, 0.5) is 0 Å². The van der Waals surface area contributed by atoms with Crippen molar-refractivity contribution in [1.29, 1.82) is 0 Å². The molecular formula is C18H27NO. The molecule has 1 aromatic carbocycles.